The molecule has 0 saturated carbocycles. The number of nitrogens with zero attached hydrogens (tertiary/aromatic N) is 2. The maximum atomic E-state index is 13.7. The number of aryl methyl sites for hydroxylation is 2. The second-order valence-electron chi connectivity index (χ2n) is 5.02. The normalized spacial score (nSPS) is 11.2. The van der Waals surface area contributed by atoms with Gasteiger partial charge in [-0.25, -0.2) is 9.37 Å². The SMILES string of the molecule is CCc1cc(Br)ccc1-n1c(N)nc2cc(F)c(C)cc21. The lowest BCUT2D eigenvalue weighted by atomic mass is 10.1. The Hall–Kier alpha value is -1.88. The number of fused-ring (bicyclic) bond motifs is 1. The van der Waals surface area contributed by atoms with Gasteiger partial charge in [0.15, 0.2) is 0 Å². The predicted molar refractivity (Wildman–Crippen MR) is 87.3 cm³/mol. The Labute approximate surface area is 130 Å². The molecule has 3 nitrogen and oxygen atoms in total. The van der Waals surface area contributed by atoms with E-state index in [4.69, 9.17) is 5.73 Å². The highest BCUT2D eigenvalue weighted by Gasteiger charge is 2.14. The minimum atomic E-state index is -0.265. The quantitative estimate of drug-likeness (QED) is 0.747. The second-order valence-corrected chi connectivity index (χ2v) is 5.94. The standard InChI is InChI=1S/C16H15BrFN3/c1-3-10-7-11(17)4-5-14(10)21-15-6-9(2)12(18)8-13(15)20-16(21)19/h4-8H,3H2,1-2H3,(H2,19,20). The van der Waals surface area contributed by atoms with Crippen LogP contribution in [0, 0.1) is 12.7 Å². The first kappa shape index (κ1) is 14.1. The van der Waals surface area contributed by atoms with Gasteiger partial charge in [0.2, 0.25) is 5.95 Å². The zero-order chi connectivity index (χ0) is 15.1. The first-order chi connectivity index (χ1) is 10.0. The summed E-state index contributed by atoms with van der Waals surface area (Å²) in [7, 11) is 0. The van der Waals surface area contributed by atoms with Crippen molar-refractivity contribution in [1.29, 1.82) is 0 Å². The molecule has 2 aromatic carbocycles. The minimum Gasteiger partial charge on any atom is -0.369 e. The molecule has 0 fully saturated rings. The Morgan fingerprint density at radius 1 is 1.29 bits per heavy atom. The molecule has 2 N–H and O–H groups in total. The molecule has 3 aromatic rings. The Kier molecular flexibility index (Phi) is 3.45. The molecule has 3 rings (SSSR count). The Morgan fingerprint density at radius 2 is 2.05 bits per heavy atom. The maximum Gasteiger partial charge on any atom is 0.205 e. The third kappa shape index (κ3) is 2.31. The molecule has 1 heterocycles. The van der Waals surface area contributed by atoms with E-state index in [9.17, 15) is 4.39 Å². The van der Waals surface area contributed by atoms with E-state index in [-0.39, 0.29) is 5.82 Å². The zero-order valence-corrected chi connectivity index (χ0v) is 13.4. The van der Waals surface area contributed by atoms with Gasteiger partial charge in [0.25, 0.3) is 0 Å². The Morgan fingerprint density at radius 3 is 2.76 bits per heavy atom. The van der Waals surface area contributed by atoms with E-state index in [0.717, 1.165) is 27.7 Å². The van der Waals surface area contributed by atoms with Crippen LogP contribution in [-0.4, -0.2) is 9.55 Å². The van der Waals surface area contributed by atoms with Crippen molar-refractivity contribution in [2.45, 2.75) is 20.3 Å². The van der Waals surface area contributed by atoms with Crippen LogP contribution in [0.15, 0.2) is 34.8 Å². The van der Waals surface area contributed by atoms with E-state index in [1.54, 1.807) is 13.0 Å². The smallest absolute Gasteiger partial charge is 0.205 e. The van der Waals surface area contributed by atoms with Gasteiger partial charge in [0.05, 0.1) is 16.7 Å². The summed E-state index contributed by atoms with van der Waals surface area (Å²) in [6.07, 6.45) is 0.869. The van der Waals surface area contributed by atoms with Crippen LogP contribution in [0.2, 0.25) is 0 Å². The van der Waals surface area contributed by atoms with Gasteiger partial charge in [0.1, 0.15) is 5.82 Å². The lowest BCUT2D eigenvalue weighted by molar-refractivity contribution is 0.620. The number of imidazole rings is 1. The van der Waals surface area contributed by atoms with Gasteiger partial charge in [-0.2, -0.15) is 0 Å². The van der Waals surface area contributed by atoms with Gasteiger partial charge in [0, 0.05) is 10.5 Å². The van der Waals surface area contributed by atoms with Crippen LogP contribution < -0.4 is 5.73 Å². The molecular formula is C16H15BrFN3. The molecule has 108 valence electrons. The van der Waals surface area contributed by atoms with Gasteiger partial charge < -0.3 is 5.73 Å². The highest BCUT2D eigenvalue weighted by atomic mass is 79.9. The largest absolute Gasteiger partial charge is 0.369 e. The molecule has 0 unspecified atom stereocenters. The molecule has 0 atom stereocenters. The van der Waals surface area contributed by atoms with Crippen LogP contribution in [0.5, 0.6) is 0 Å². The number of hydrogen-bond acceptors (Lipinski definition) is 2. The van der Waals surface area contributed by atoms with Gasteiger partial charge in [-0.1, -0.05) is 22.9 Å². The van der Waals surface area contributed by atoms with E-state index in [1.165, 1.54) is 6.07 Å². The molecule has 0 aliphatic heterocycles. The number of hydrogen-bond donors (Lipinski definition) is 1. The number of benzene rings is 2. The number of halogens is 2. The van der Waals surface area contributed by atoms with Crippen molar-refractivity contribution in [2.75, 3.05) is 5.73 Å². The molecule has 0 aliphatic carbocycles. The number of anilines is 1. The second kappa shape index (κ2) is 5.15. The first-order valence-corrected chi connectivity index (χ1v) is 7.53. The van der Waals surface area contributed by atoms with Crippen LogP contribution >= 0.6 is 15.9 Å². The fourth-order valence-corrected chi connectivity index (χ4v) is 2.94. The third-order valence-corrected chi connectivity index (χ3v) is 4.12. The summed E-state index contributed by atoms with van der Waals surface area (Å²) in [6.45, 7) is 3.83. The lowest BCUT2D eigenvalue weighted by Gasteiger charge is -2.12. The summed E-state index contributed by atoms with van der Waals surface area (Å²) >= 11 is 3.48. The van der Waals surface area contributed by atoms with Crippen molar-refractivity contribution in [3.63, 3.8) is 0 Å². The van der Waals surface area contributed by atoms with Crippen molar-refractivity contribution in [3.8, 4) is 5.69 Å². The summed E-state index contributed by atoms with van der Waals surface area (Å²) in [5.41, 5.74) is 10.2. The van der Waals surface area contributed by atoms with Gasteiger partial charge in [-0.05, 0) is 48.7 Å². The molecule has 0 bridgehead atoms. The Bertz CT molecular complexity index is 839. The van der Waals surface area contributed by atoms with E-state index < -0.39 is 0 Å². The van der Waals surface area contributed by atoms with Crippen molar-refractivity contribution < 1.29 is 4.39 Å². The number of aromatic nitrogens is 2. The summed E-state index contributed by atoms with van der Waals surface area (Å²) in [4.78, 5) is 4.28. The van der Waals surface area contributed by atoms with Crippen molar-refractivity contribution in [1.82, 2.24) is 9.55 Å². The van der Waals surface area contributed by atoms with Crippen molar-refractivity contribution >= 4 is 32.9 Å². The third-order valence-electron chi connectivity index (χ3n) is 3.62. The van der Waals surface area contributed by atoms with E-state index >= 15 is 0 Å². The van der Waals surface area contributed by atoms with Gasteiger partial charge in [-0.15, -0.1) is 0 Å². The summed E-state index contributed by atoms with van der Waals surface area (Å²) in [5.74, 6) is 0.102. The van der Waals surface area contributed by atoms with Gasteiger partial charge in [-0.3, -0.25) is 4.57 Å². The van der Waals surface area contributed by atoms with Crippen molar-refractivity contribution in [3.05, 3.63) is 51.7 Å². The average molecular weight is 348 g/mol. The summed E-state index contributed by atoms with van der Waals surface area (Å²) < 4.78 is 16.6. The topological polar surface area (TPSA) is 43.8 Å². The predicted octanol–water partition coefficient (Wildman–Crippen LogP) is 4.38. The van der Waals surface area contributed by atoms with E-state index in [2.05, 4.69) is 33.9 Å². The maximum absolute atomic E-state index is 13.7. The number of nitrogen functional groups attached to an aromatic ring is 1. The number of rotatable bonds is 2. The van der Waals surface area contributed by atoms with Crippen LogP contribution in [-0.2, 0) is 6.42 Å². The minimum absolute atomic E-state index is 0.265. The molecule has 0 radical (unpaired) electrons. The highest BCUT2D eigenvalue weighted by Crippen LogP contribution is 2.29. The van der Waals surface area contributed by atoms with E-state index in [0.29, 0.717) is 17.0 Å². The van der Waals surface area contributed by atoms with Gasteiger partial charge >= 0.3 is 0 Å². The number of nitrogens with two attached hydrogens (primary N) is 1. The molecule has 5 heteroatoms. The van der Waals surface area contributed by atoms with Crippen LogP contribution in [0.25, 0.3) is 16.7 Å². The zero-order valence-electron chi connectivity index (χ0n) is 11.8. The molecule has 0 aliphatic rings. The Balaban J connectivity index is 2.35. The summed E-state index contributed by atoms with van der Waals surface area (Å²) in [5, 5.41) is 0. The lowest BCUT2D eigenvalue weighted by Crippen LogP contribution is -2.04. The fraction of sp³-hybridized carbons (Fsp3) is 0.188. The molecule has 0 saturated heterocycles. The monoisotopic (exact) mass is 347 g/mol. The molecule has 0 spiro atoms. The van der Waals surface area contributed by atoms with Crippen LogP contribution in [0.1, 0.15) is 18.1 Å². The highest BCUT2D eigenvalue weighted by molar-refractivity contribution is 9.10. The van der Waals surface area contributed by atoms with E-state index in [1.807, 2.05) is 16.7 Å². The molecule has 21 heavy (non-hydrogen) atoms. The van der Waals surface area contributed by atoms with Crippen LogP contribution in [0.3, 0.4) is 0 Å². The first-order valence-electron chi connectivity index (χ1n) is 6.74. The van der Waals surface area contributed by atoms with Crippen LogP contribution in [0.4, 0.5) is 10.3 Å². The summed E-state index contributed by atoms with van der Waals surface area (Å²) in [6, 6.07) is 9.25. The molecular weight excluding hydrogens is 333 g/mol. The fourth-order valence-electron chi connectivity index (χ4n) is 2.53. The molecule has 1 aromatic heterocycles. The average Bonchev–Trinajstić information content (AvgIpc) is 2.75. The van der Waals surface area contributed by atoms with Crippen molar-refractivity contribution in [2.24, 2.45) is 0 Å². The molecule has 0 amide bonds.